The van der Waals surface area contributed by atoms with Gasteiger partial charge in [-0.3, -0.25) is 19.1 Å². The molecule has 0 saturated carbocycles. The van der Waals surface area contributed by atoms with Gasteiger partial charge < -0.3 is 4.74 Å². The Morgan fingerprint density at radius 2 is 1.83 bits per heavy atom. The van der Waals surface area contributed by atoms with Crippen LogP contribution in [0.15, 0.2) is 11.0 Å². The zero-order chi connectivity index (χ0) is 18.1. The number of amides is 1. The quantitative estimate of drug-likeness (QED) is 0.613. The maximum Gasteiger partial charge on any atom is 0.301 e. The van der Waals surface area contributed by atoms with Crippen molar-refractivity contribution in [3.63, 3.8) is 0 Å². The number of hydrogen-bond donors (Lipinski definition) is 0. The summed E-state index contributed by atoms with van der Waals surface area (Å²) < 4.78 is 6.87. The number of unbranched alkanes of at least 4 members (excludes halogenated alkanes) is 2. The molecule has 0 N–H and O–H groups in total. The second kappa shape index (κ2) is 10.1. The van der Waals surface area contributed by atoms with E-state index in [1.807, 2.05) is 0 Å². The number of nitrogens with zero attached hydrogens (tertiary/aromatic N) is 3. The highest BCUT2D eigenvalue weighted by molar-refractivity contribution is 5.91. The van der Waals surface area contributed by atoms with Crippen molar-refractivity contribution in [1.29, 1.82) is 0 Å². The Bertz CT molecular complexity index is 578. The first kappa shape index (κ1) is 20.2. The average Bonchev–Trinajstić information content (AvgIpc) is 2.61. The smallest absolute Gasteiger partial charge is 0.301 e. The van der Waals surface area contributed by atoms with Gasteiger partial charge in [0.25, 0.3) is 5.43 Å². The summed E-state index contributed by atoms with van der Waals surface area (Å²) in [6, 6.07) is 0.138. The number of carbonyl (C=O) groups excluding carboxylic acids is 1. The van der Waals surface area contributed by atoms with E-state index in [4.69, 9.17) is 9.57 Å². The molecule has 0 spiro atoms. The molecular formula is C17H29N3O4. The van der Waals surface area contributed by atoms with E-state index in [0.717, 1.165) is 43.6 Å². The van der Waals surface area contributed by atoms with Gasteiger partial charge in [-0.2, -0.15) is 5.10 Å². The third kappa shape index (κ3) is 5.06. The fraction of sp³-hybridized carbons (Fsp3) is 0.706. The minimum Gasteiger partial charge on any atom is -0.491 e. The second-order valence-corrected chi connectivity index (χ2v) is 5.78. The van der Waals surface area contributed by atoms with Crippen molar-refractivity contribution in [1.82, 2.24) is 14.8 Å². The first-order valence-electron chi connectivity index (χ1n) is 8.49. The topological polar surface area (TPSA) is 73.7 Å². The molecule has 0 aliphatic heterocycles. The molecule has 0 atom stereocenters. The highest BCUT2D eigenvalue weighted by Gasteiger charge is 2.23. The highest BCUT2D eigenvalue weighted by Crippen LogP contribution is 2.22. The predicted octanol–water partition coefficient (Wildman–Crippen LogP) is 2.81. The van der Waals surface area contributed by atoms with E-state index >= 15 is 0 Å². The van der Waals surface area contributed by atoms with E-state index in [1.54, 1.807) is 10.9 Å². The molecule has 1 amide bonds. The Kier molecular flexibility index (Phi) is 8.46. The van der Waals surface area contributed by atoms with E-state index in [-0.39, 0.29) is 17.5 Å². The van der Waals surface area contributed by atoms with Crippen molar-refractivity contribution >= 4 is 5.91 Å². The van der Waals surface area contributed by atoms with Crippen LogP contribution in [-0.2, 0) is 4.84 Å². The maximum atomic E-state index is 12.4. The van der Waals surface area contributed by atoms with E-state index in [0.29, 0.717) is 0 Å². The fourth-order valence-corrected chi connectivity index (χ4v) is 2.48. The van der Waals surface area contributed by atoms with Crippen LogP contribution in [0.25, 0.3) is 0 Å². The van der Waals surface area contributed by atoms with Gasteiger partial charge in [0.2, 0.25) is 5.69 Å². The lowest BCUT2D eigenvalue weighted by molar-refractivity contribution is -0.0763. The zero-order valence-electron chi connectivity index (χ0n) is 15.4. The van der Waals surface area contributed by atoms with Gasteiger partial charge in [-0.05, 0) is 12.8 Å². The minimum absolute atomic E-state index is 0.121. The summed E-state index contributed by atoms with van der Waals surface area (Å²) in [4.78, 5) is 29.6. The molecule has 0 aromatic carbocycles. The Morgan fingerprint density at radius 3 is 2.29 bits per heavy atom. The summed E-state index contributed by atoms with van der Waals surface area (Å²) in [5.74, 6) is -0.462. The number of aromatic nitrogens is 2. The van der Waals surface area contributed by atoms with Crippen molar-refractivity contribution < 1.29 is 14.4 Å². The van der Waals surface area contributed by atoms with Gasteiger partial charge in [0.1, 0.15) is 0 Å². The van der Waals surface area contributed by atoms with Crippen LogP contribution in [0.4, 0.5) is 0 Å². The summed E-state index contributed by atoms with van der Waals surface area (Å²) in [7, 11) is 4.23. The normalized spacial score (nSPS) is 10.9. The molecule has 1 rings (SSSR count). The Morgan fingerprint density at radius 1 is 1.25 bits per heavy atom. The maximum absolute atomic E-state index is 12.4. The standard InChI is InChI=1S/C17H29N3O4/c1-6-8-10-13(11-9-7-2)20-12-14(23-4)16(21)15(18-20)17(22)19(3)24-5/h12-13H,6-11H2,1-5H3. The monoisotopic (exact) mass is 339 g/mol. The predicted molar refractivity (Wildman–Crippen MR) is 92.2 cm³/mol. The molecule has 0 aliphatic rings. The molecule has 0 fully saturated rings. The molecule has 1 aromatic heterocycles. The number of carbonyl (C=O) groups is 1. The Hall–Kier alpha value is -1.89. The van der Waals surface area contributed by atoms with Crippen molar-refractivity contribution in [2.45, 2.75) is 58.4 Å². The van der Waals surface area contributed by atoms with Crippen LogP contribution in [0.3, 0.4) is 0 Å². The minimum atomic E-state index is -0.583. The van der Waals surface area contributed by atoms with Gasteiger partial charge in [0, 0.05) is 7.05 Å². The van der Waals surface area contributed by atoms with E-state index in [2.05, 4.69) is 18.9 Å². The SMILES string of the molecule is CCCCC(CCCC)n1cc(OC)c(=O)c(C(=O)N(C)OC)n1. The van der Waals surface area contributed by atoms with E-state index in [9.17, 15) is 9.59 Å². The van der Waals surface area contributed by atoms with E-state index in [1.165, 1.54) is 21.3 Å². The van der Waals surface area contributed by atoms with Crippen molar-refractivity contribution in [2.24, 2.45) is 0 Å². The molecule has 0 saturated heterocycles. The van der Waals surface area contributed by atoms with E-state index < -0.39 is 11.3 Å². The first-order chi connectivity index (χ1) is 11.5. The molecule has 136 valence electrons. The lowest BCUT2D eigenvalue weighted by atomic mass is 10.0. The Labute approximate surface area is 143 Å². The summed E-state index contributed by atoms with van der Waals surface area (Å²) in [5, 5.41) is 5.30. The molecule has 24 heavy (non-hydrogen) atoms. The van der Waals surface area contributed by atoms with Crippen LogP contribution in [-0.4, -0.2) is 42.0 Å². The zero-order valence-corrected chi connectivity index (χ0v) is 15.4. The van der Waals surface area contributed by atoms with Crippen LogP contribution < -0.4 is 10.2 Å². The molecule has 1 heterocycles. The molecule has 1 aromatic rings. The third-order valence-corrected chi connectivity index (χ3v) is 4.04. The van der Waals surface area contributed by atoms with Gasteiger partial charge in [0.15, 0.2) is 5.75 Å². The number of methoxy groups -OCH3 is 1. The second-order valence-electron chi connectivity index (χ2n) is 5.78. The number of ether oxygens (including phenoxy) is 1. The van der Waals surface area contributed by atoms with Gasteiger partial charge in [0.05, 0.1) is 26.5 Å². The van der Waals surface area contributed by atoms with Gasteiger partial charge in [-0.25, -0.2) is 5.06 Å². The summed E-state index contributed by atoms with van der Waals surface area (Å²) >= 11 is 0. The summed E-state index contributed by atoms with van der Waals surface area (Å²) in [6.45, 7) is 4.28. The molecule has 0 aliphatic carbocycles. The molecule has 0 radical (unpaired) electrons. The molecule has 7 heteroatoms. The van der Waals surface area contributed by atoms with Gasteiger partial charge >= 0.3 is 5.91 Å². The van der Waals surface area contributed by atoms with Crippen molar-refractivity contribution in [3.8, 4) is 5.75 Å². The van der Waals surface area contributed by atoms with Crippen LogP contribution in [0.1, 0.15) is 68.9 Å². The van der Waals surface area contributed by atoms with Crippen molar-refractivity contribution in [2.75, 3.05) is 21.3 Å². The van der Waals surface area contributed by atoms with Crippen LogP contribution >= 0.6 is 0 Å². The van der Waals surface area contributed by atoms with Crippen LogP contribution in [0.5, 0.6) is 5.75 Å². The molecule has 0 bridgehead atoms. The molecule has 0 unspecified atom stereocenters. The first-order valence-corrected chi connectivity index (χ1v) is 8.49. The highest BCUT2D eigenvalue weighted by atomic mass is 16.7. The number of rotatable bonds is 10. The largest absolute Gasteiger partial charge is 0.491 e. The van der Waals surface area contributed by atoms with Crippen LogP contribution in [0.2, 0.25) is 0 Å². The lowest BCUT2D eigenvalue weighted by Crippen LogP contribution is -2.33. The van der Waals surface area contributed by atoms with Gasteiger partial charge in [-0.15, -0.1) is 0 Å². The average molecular weight is 339 g/mol. The number of hydrogen-bond acceptors (Lipinski definition) is 5. The third-order valence-electron chi connectivity index (χ3n) is 4.04. The summed E-state index contributed by atoms with van der Waals surface area (Å²) in [6.07, 6.45) is 7.78. The fourth-order valence-electron chi connectivity index (χ4n) is 2.48. The van der Waals surface area contributed by atoms with Gasteiger partial charge in [-0.1, -0.05) is 39.5 Å². The van der Waals surface area contributed by atoms with Crippen LogP contribution in [0, 0.1) is 0 Å². The molecular weight excluding hydrogens is 310 g/mol. The Balaban J connectivity index is 3.29. The number of hydroxylamine groups is 2. The summed E-state index contributed by atoms with van der Waals surface area (Å²) in [5.41, 5.74) is -0.705. The van der Waals surface area contributed by atoms with Crippen molar-refractivity contribution in [3.05, 3.63) is 22.1 Å². The lowest BCUT2D eigenvalue weighted by Gasteiger charge is -2.21. The molecule has 7 nitrogen and oxygen atoms in total.